The summed E-state index contributed by atoms with van der Waals surface area (Å²) in [6.07, 6.45) is 1.80. The molecule has 2 aromatic carbocycles. The van der Waals surface area contributed by atoms with Gasteiger partial charge in [-0.1, -0.05) is 30.3 Å². The van der Waals surface area contributed by atoms with Crippen LogP contribution in [0, 0.1) is 5.82 Å². The monoisotopic (exact) mass is 273 g/mol. The zero-order valence-corrected chi connectivity index (χ0v) is 11.0. The van der Waals surface area contributed by atoms with Gasteiger partial charge in [-0.2, -0.15) is 0 Å². The second-order valence-corrected chi connectivity index (χ2v) is 4.52. The van der Waals surface area contributed by atoms with E-state index in [9.17, 15) is 9.18 Å². The highest BCUT2D eigenvalue weighted by atomic mass is 19.1. The Bertz CT molecular complexity index is 584. The van der Waals surface area contributed by atoms with Crippen LogP contribution in [0.15, 0.2) is 48.5 Å². The average Bonchev–Trinajstić information content (AvgIpc) is 2.46. The Morgan fingerprint density at radius 3 is 2.55 bits per heavy atom. The van der Waals surface area contributed by atoms with Crippen LogP contribution in [-0.2, 0) is 6.42 Å². The van der Waals surface area contributed by atoms with Crippen LogP contribution in [0.1, 0.15) is 22.3 Å². The Kier molecular flexibility index (Phi) is 4.71. The fourth-order valence-corrected chi connectivity index (χ4v) is 1.95. The lowest BCUT2D eigenvalue weighted by Gasteiger charge is -2.08. The summed E-state index contributed by atoms with van der Waals surface area (Å²) in [5, 5.41) is 11.7. The maximum absolute atomic E-state index is 13.6. The Morgan fingerprint density at radius 1 is 1.15 bits per heavy atom. The van der Waals surface area contributed by atoms with Gasteiger partial charge in [0.15, 0.2) is 0 Å². The number of hydrogen-bond donors (Lipinski definition) is 2. The minimum atomic E-state index is -1.13. The summed E-state index contributed by atoms with van der Waals surface area (Å²) in [5.74, 6) is -1.66. The SMILES string of the molecule is O=C(O)c1ccc(NCCCc2ccccc2)c(F)c1. The molecule has 0 aliphatic rings. The van der Waals surface area contributed by atoms with Crippen molar-refractivity contribution in [1.82, 2.24) is 0 Å². The van der Waals surface area contributed by atoms with E-state index in [0.717, 1.165) is 18.9 Å². The molecule has 2 aromatic rings. The molecule has 20 heavy (non-hydrogen) atoms. The van der Waals surface area contributed by atoms with Crippen LogP contribution < -0.4 is 5.32 Å². The fourth-order valence-electron chi connectivity index (χ4n) is 1.95. The summed E-state index contributed by atoms with van der Waals surface area (Å²) in [7, 11) is 0. The van der Waals surface area contributed by atoms with Crippen LogP contribution in [0.25, 0.3) is 0 Å². The quantitative estimate of drug-likeness (QED) is 0.791. The Morgan fingerprint density at radius 2 is 1.90 bits per heavy atom. The summed E-state index contributed by atoms with van der Waals surface area (Å²) < 4.78 is 13.6. The molecule has 0 amide bonds. The highest BCUT2D eigenvalue weighted by Gasteiger charge is 2.07. The van der Waals surface area contributed by atoms with Crippen molar-refractivity contribution < 1.29 is 14.3 Å². The lowest BCUT2D eigenvalue weighted by molar-refractivity contribution is 0.0696. The van der Waals surface area contributed by atoms with Crippen LogP contribution in [0.4, 0.5) is 10.1 Å². The van der Waals surface area contributed by atoms with E-state index < -0.39 is 11.8 Å². The van der Waals surface area contributed by atoms with Crippen molar-refractivity contribution in [3.63, 3.8) is 0 Å². The van der Waals surface area contributed by atoms with Gasteiger partial charge < -0.3 is 10.4 Å². The molecule has 0 saturated carbocycles. The van der Waals surface area contributed by atoms with Gasteiger partial charge in [0, 0.05) is 6.54 Å². The van der Waals surface area contributed by atoms with Crippen LogP contribution >= 0.6 is 0 Å². The van der Waals surface area contributed by atoms with Crippen molar-refractivity contribution in [2.75, 3.05) is 11.9 Å². The zero-order chi connectivity index (χ0) is 14.4. The van der Waals surface area contributed by atoms with Gasteiger partial charge >= 0.3 is 5.97 Å². The predicted molar refractivity (Wildman–Crippen MR) is 76.6 cm³/mol. The average molecular weight is 273 g/mol. The topological polar surface area (TPSA) is 49.3 Å². The first-order chi connectivity index (χ1) is 9.66. The van der Waals surface area contributed by atoms with E-state index in [1.165, 1.54) is 17.7 Å². The first kappa shape index (κ1) is 14.1. The van der Waals surface area contributed by atoms with Crippen LogP contribution in [0.3, 0.4) is 0 Å². The van der Waals surface area contributed by atoms with Gasteiger partial charge in [0.05, 0.1) is 11.3 Å². The molecule has 0 heterocycles. The molecule has 104 valence electrons. The van der Waals surface area contributed by atoms with Crippen molar-refractivity contribution >= 4 is 11.7 Å². The molecule has 0 fully saturated rings. The van der Waals surface area contributed by atoms with Crippen molar-refractivity contribution in [3.05, 3.63) is 65.5 Å². The molecule has 0 aromatic heterocycles. The largest absolute Gasteiger partial charge is 0.478 e. The molecule has 0 unspecified atom stereocenters. The molecule has 3 nitrogen and oxygen atoms in total. The highest BCUT2D eigenvalue weighted by Crippen LogP contribution is 2.16. The normalized spacial score (nSPS) is 10.2. The zero-order valence-electron chi connectivity index (χ0n) is 11.0. The van der Waals surface area contributed by atoms with Crippen LogP contribution in [-0.4, -0.2) is 17.6 Å². The second-order valence-electron chi connectivity index (χ2n) is 4.52. The van der Waals surface area contributed by atoms with Gasteiger partial charge in [0.1, 0.15) is 5.82 Å². The van der Waals surface area contributed by atoms with E-state index in [1.807, 2.05) is 18.2 Å². The number of carboxylic acids is 1. The van der Waals surface area contributed by atoms with Crippen molar-refractivity contribution in [2.45, 2.75) is 12.8 Å². The number of aryl methyl sites for hydroxylation is 1. The molecule has 0 aliphatic carbocycles. The van der Waals surface area contributed by atoms with Gasteiger partial charge in [-0.3, -0.25) is 0 Å². The lowest BCUT2D eigenvalue weighted by Crippen LogP contribution is -2.06. The van der Waals surface area contributed by atoms with Crippen molar-refractivity contribution in [1.29, 1.82) is 0 Å². The third-order valence-corrected chi connectivity index (χ3v) is 3.02. The Hall–Kier alpha value is -2.36. The number of rotatable bonds is 6. The molecule has 0 aliphatic heterocycles. The number of aromatic carboxylic acids is 1. The van der Waals surface area contributed by atoms with Gasteiger partial charge in [0.25, 0.3) is 0 Å². The van der Waals surface area contributed by atoms with Crippen LogP contribution in [0.2, 0.25) is 0 Å². The standard InChI is InChI=1S/C16H16FNO2/c17-14-11-13(16(19)20)8-9-15(14)18-10-4-7-12-5-2-1-3-6-12/h1-3,5-6,8-9,11,18H,4,7,10H2,(H,19,20). The van der Waals surface area contributed by atoms with Crippen LogP contribution in [0.5, 0.6) is 0 Å². The predicted octanol–water partition coefficient (Wildman–Crippen LogP) is 3.57. The van der Waals surface area contributed by atoms with Gasteiger partial charge in [-0.05, 0) is 36.6 Å². The third kappa shape index (κ3) is 3.82. The number of hydrogen-bond acceptors (Lipinski definition) is 2. The van der Waals surface area contributed by atoms with E-state index in [1.54, 1.807) is 0 Å². The number of carboxylic acid groups (broad SMARTS) is 1. The maximum atomic E-state index is 13.6. The maximum Gasteiger partial charge on any atom is 0.335 e. The summed E-state index contributed by atoms with van der Waals surface area (Å²) in [5.41, 5.74) is 1.54. The van der Waals surface area contributed by atoms with E-state index in [2.05, 4.69) is 17.4 Å². The smallest absolute Gasteiger partial charge is 0.335 e. The van der Waals surface area contributed by atoms with Crippen molar-refractivity contribution in [3.8, 4) is 0 Å². The number of anilines is 1. The summed E-state index contributed by atoms with van der Waals surface area (Å²) in [6.45, 7) is 0.637. The van der Waals surface area contributed by atoms with E-state index in [0.29, 0.717) is 12.2 Å². The molecular weight excluding hydrogens is 257 g/mol. The minimum absolute atomic E-state index is 0.0441. The molecule has 0 saturated heterocycles. The molecular formula is C16H16FNO2. The second kappa shape index (κ2) is 6.70. The number of carbonyl (C=O) groups is 1. The fraction of sp³-hybridized carbons (Fsp3) is 0.188. The molecule has 0 spiro atoms. The van der Waals surface area contributed by atoms with E-state index in [-0.39, 0.29) is 5.56 Å². The Labute approximate surface area is 117 Å². The summed E-state index contributed by atoms with van der Waals surface area (Å²) >= 11 is 0. The summed E-state index contributed by atoms with van der Waals surface area (Å²) in [6, 6.07) is 14.0. The first-order valence-corrected chi connectivity index (χ1v) is 6.47. The molecule has 0 bridgehead atoms. The van der Waals surface area contributed by atoms with E-state index >= 15 is 0 Å². The molecule has 0 radical (unpaired) electrons. The lowest BCUT2D eigenvalue weighted by atomic mass is 10.1. The van der Waals surface area contributed by atoms with Gasteiger partial charge in [0.2, 0.25) is 0 Å². The number of halogens is 1. The molecule has 4 heteroatoms. The van der Waals surface area contributed by atoms with Gasteiger partial charge in [-0.25, -0.2) is 9.18 Å². The number of nitrogens with one attached hydrogen (secondary N) is 1. The van der Waals surface area contributed by atoms with E-state index in [4.69, 9.17) is 5.11 Å². The molecule has 2 rings (SSSR count). The first-order valence-electron chi connectivity index (χ1n) is 6.47. The van der Waals surface area contributed by atoms with Gasteiger partial charge in [-0.15, -0.1) is 0 Å². The molecule has 0 atom stereocenters. The minimum Gasteiger partial charge on any atom is -0.478 e. The third-order valence-electron chi connectivity index (χ3n) is 3.02. The highest BCUT2D eigenvalue weighted by molar-refractivity contribution is 5.88. The molecule has 2 N–H and O–H groups in total. The number of benzene rings is 2. The summed E-state index contributed by atoms with van der Waals surface area (Å²) in [4.78, 5) is 10.7. The Balaban J connectivity index is 1.84. The van der Waals surface area contributed by atoms with Crippen molar-refractivity contribution in [2.24, 2.45) is 0 Å².